The third-order valence-corrected chi connectivity index (χ3v) is 4.17. The summed E-state index contributed by atoms with van der Waals surface area (Å²) >= 11 is 6.14. The van der Waals surface area contributed by atoms with Crippen LogP contribution >= 0.6 is 11.6 Å². The summed E-state index contributed by atoms with van der Waals surface area (Å²) in [5.74, 6) is 0.729. The van der Waals surface area contributed by atoms with Gasteiger partial charge in [0.05, 0.1) is 12.1 Å². The lowest BCUT2D eigenvalue weighted by Gasteiger charge is -2.20. The fourth-order valence-electron chi connectivity index (χ4n) is 2.37. The zero-order valence-electron chi connectivity index (χ0n) is 13.8. The number of ether oxygens (including phenoxy) is 1. The smallest absolute Gasteiger partial charge is 0.137 e. The first-order chi connectivity index (χ1) is 10.1. The number of benzene rings is 1. The van der Waals surface area contributed by atoms with E-state index in [1.54, 1.807) is 7.11 Å². The molecule has 1 atom stereocenters. The van der Waals surface area contributed by atoms with E-state index in [1.807, 2.05) is 12.1 Å². The molecule has 0 aliphatic carbocycles. The number of methoxy groups -OCH3 is 1. The molecule has 0 amide bonds. The summed E-state index contributed by atoms with van der Waals surface area (Å²) in [5.41, 5.74) is 1.19. The third kappa shape index (κ3) is 6.68. The standard InChI is InChI=1S/C17H29ClN2O/c1-5-20(6-2)11-7-8-14(3)19-13-15-9-10-17(21-4)16(18)12-15/h9-10,12,14,19H,5-8,11,13H2,1-4H3. The number of halogens is 1. The van der Waals surface area contributed by atoms with Crippen LogP contribution in [0.2, 0.25) is 5.02 Å². The highest BCUT2D eigenvalue weighted by Gasteiger charge is 2.06. The van der Waals surface area contributed by atoms with Crippen LogP contribution in [-0.2, 0) is 6.54 Å². The highest BCUT2D eigenvalue weighted by molar-refractivity contribution is 6.32. The Morgan fingerprint density at radius 1 is 1.29 bits per heavy atom. The quantitative estimate of drug-likeness (QED) is 0.708. The molecule has 1 unspecified atom stereocenters. The Hall–Kier alpha value is -0.770. The second kappa shape index (κ2) is 10.0. The predicted octanol–water partition coefficient (Wildman–Crippen LogP) is 3.95. The molecule has 4 heteroatoms. The lowest BCUT2D eigenvalue weighted by Crippen LogP contribution is -2.28. The molecule has 0 aromatic heterocycles. The molecule has 1 rings (SSSR count). The minimum atomic E-state index is 0.515. The maximum atomic E-state index is 6.14. The molecule has 0 bridgehead atoms. The molecular weight excluding hydrogens is 284 g/mol. The van der Waals surface area contributed by atoms with E-state index in [0.717, 1.165) is 25.4 Å². The van der Waals surface area contributed by atoms with Crippen LogP contribution in [0.15, 0.2) is 18.2 Å². The molecule has 0 radical (unpaired) electrons. The summed E-state index contributed by atoms with van der Waals surface area (Å²) in [5, 5.41) is 4.23. The number of hydrogen-bond acceptors (Lipinski definition) is 3. The average molecular weight is 313 g/mol. The Balaban J connectivity index is 2.29. The molecule has 0 saturated heterocycles. The van der Waals surface area contributed by atoms with Crippen molar-refractivity contribution in [3.63, 3.8) is 0 Å². The molecule has 3 nitrogen and oxygen atoms in total. The molecule has 0 heterocycles. The van der Waals surface area contributed by atoms with E-state index < -0.39 is 0 Å². The van der Waals surface area contributed by atoms with Crippen molar-refractivity contribution in [2.45, 2.75) is 46.2 Å². The van der Waals surface area contributed by atoms with E-state index in [-0.39, 0.29) is 0 Å². The van der Waals surface area contributed by atoms with E-state index in [0.29, 0.717) is 11.1 Å². The van der Waals surface area contributed by atoms with Crippen molar-refractivity contribution >= 4 is 11.6 Å². The molecule has 0 fully saturated rings. The van der Waals surface area contributed by atoms with Crippen LogP contribution in [0.4, 0.5) is 0 Å². The van der Waals surface area contributed by atoms with Gasteiger partial charge in [-0.1, -0.05) is 31.5 Å². The first-order valence-electron chi connectivity index (χ1n) is 7.88. The molecule has 21 heavy (non-hydrogen) atoms. The SMILES string of the molecule is CCN(CC)CCCC(C)NCc1ccc(OC)c(Cl)c1. The lowest BCUT2D eigenvalue weighted by atomic mass is 10.1. The van der Waals surface area contributed by atoms with Crippen molar-refractivity contribution in [3.05, 3.63) is 28.8 Å². The molecule has 1 aromatic rings. The zero-order valence-corrected chi connectivity index (χ0v) is 14.5. The van der Waals surface area contributed by atoms with Gasteiger partial charge in [-0.3, -0.25) is 0 Å². The van der Waals surface area contributed by atoms with E-state index in [9.17, 15) is 0 Å². The second-order valence-corrected chi connectivity index (χ2v) is 5.83. The molecule has 0 spiro atoms. The molecular formula is C17H29ClN2O. The van der Waals surface area contributed by atoms with Crippen LogP contribution in [-0.4, -0.2) is 37.7 Å². The topological polar surface area (TPSA) is 24.5 Å². The number of hydrogen-bond donors (Lipinski definition) is 1. The fraction of sp³-hybridized carbons (Fsp3) is 0.647. The van der Waals surface area contributed by atoms with Crippen LogP contribution in [0.25, 0.3) is 0 Å². The van der Waals surface area contributed by atoms with Crippen LogP contribution in [0.1, 0.15) is 39.2 Å². The lowest BCUT2D eigenvalue weighted by molar-refractivity contribution is 0.290. The van der Waals surface area contributed by atoms with Gasteiger partial charge < -0.3 is 15.0 Å². The van der Waals surface area contributed by atoms with Gasteiger partial charge in [-0.2, -0.15) is 0 Å². The molecule has 0 aliphatic rings. The number of rotatable bonds is 10. The summed E-state index contributed by atoms with van der Waals surface area (Å²) < 4.78 is 5.17. The van der Waals surface area contributed by atoms with Gasteiger partial charge in [-0.25, -0.2) is 0 Å². The normalized spacial score (nSPS) is 12.7. The van der Waals surface area contributed by atoms with Gasteiger partial charge in [-0.15, -0.1) is 0 Å². The van der Waals surface area contributed by atoms with Gasteiger partial charge in [0, 0.05) is 12.6 Å². The van der Waals surface area contributed by atoms with Gasteiger partial charge in [0.25, 0.3) is 0 Å². The molecule has 0 aliphatic heterocycles. The van der Waals surface area contributed by atoms with Crippen LogP contribution in [0.3, 0.4) is 0 Å². The van der Waals surface area contributed by atoms with Crippen molar-refractivity contribution in [2.75, 3.05) is 26.7 Å². The van der Waals surface area contributed by atoms with Crippen LogP contribution < -0.4 is 10.1 Å². The first kappa shape index (κ1) is 18.3. The van der Waals surface area contributed by atoms with Gasteiger partial charge in [0.1, 0.15) is 5.75 Å². The summed E-state index contributed by atoms with van der Waals surface area (Å²) in [6.45, 7) is 11.0. The van der Waals surface area contributed by atoms with Crippen molar-refractivity contribution in [2.24, 2.45) is 0 Å². The van der Waals surface area contributed by atoms with Gasteiger partial charge in [0.2, 0.25) is 0 Å². The highest BCUT2D eigenvalue weighted by Crippen LogP contribution is 2.24. The van der Waals surface area contributed by atoms with E-state index in [1.165, 1.54) is 24.9 Å². The summed E-state index contributed by atoms with van der Waals surface area (Å²) in [7, 11) is 1.64. The fourth-order valence-corrected chi connectivity index (χ4v) is 2.66. The van der Waals surface area contributed by atoms with E-state index in [2.05, 4.69) is 37.1 Å². The summed E-state index contributed by atoms with van der Waals surface area (Å²) in [6.07, 6.45) is 2.43. The Morgan fingerprint density at radius 2 is 2.00 bits per heavy atom. The maximum Gasteiger partial charge on any atom is 0.137 e. The largest absolute Gasteiger partial charge is 0.495 e. The average Bonchev–Trinajstić information content (AvgIpc) is 2.49. The van der Waals surface area contributed by atoms with Crippen LogP contribution in [0, 0.1) is 0 Å². The van der Waals surface area contributed by atoms with Gasteiger partial charge >= 0.3 is 0 Å². The molecule has 120 valence electrons. The molecule has 0 saturated carbocycles. The van der Waals surface area contributed by atoms with Crippen molar-refractivity contribution in [1.82, 2.24) is 10.2 Å². The highest BCUT2D eigenvalue weighted by atomic mass is 35.5. The maximum absolute atomic E-state index is 6.14. The first-order valence-corrected chi connectivity index (χ1v) is 8.26. The van der Waals surface area contributed by atoms with E-state index in [4.69, 9.17) is 16.3 Å². The molecule has 1 aromatic carbocycles. The summed E-state index contributed by atoms with van der Waals surface area (Å²) in [4.78, 5) is 2.47. The van der Waals surface area contributed by atoms with Crippen molar-refractivity contribution < 1.29 is 4.74 Å². The third-order valence-electron chi connectivity index (χ3n) is 3.88. The van der Waals surface area contributed by atoms with Crippen LogP contribution in [0.5, 0.6) is 5.75 Å². The van der Waals surface area contributed by atoms with Crippen molar-refractivity contribution in [1.29, 1.82) is 0 Å². The minimum Gasteiger partial charge on any atom is -0.495 e. The number of nitrogens with zero attached hydrogens (tertiary/aromatic N) is 1. The molecule has 1 N–H and O–H groups in total. The van der Waals surface area contributed by atoms with Gasteiger partial charge in [-0.05, 0) is 57.1 Å². The minimum absolute atomic E-state index is 0.515. The zero-order chi connectivity index (χ0) is 15.7. The Labute approximate surface area is 134 Å². The summed E-state index contributed by atoms with van der Waals surface area (Å²) in [6, 6.07) is 6.46. The van der Waals surface area contributed by atoms with Crippen molar-refractivity contribution in [3.8, 4) is 5.75 Å². The Bertz CT molecular complexity index is 408. The number of nitrogens with one attached hydrogen (secondary N) is 1. The van der Waals surface area contributed by atoms with Gasteiger partial charge in [0.15, 0.2) is 0 Å². The Kier molecular flexibility index (Phi) is 8.74. The monoisotopic (exact) mass is 312 g/mol. The predicted molar refractivity (Wildman–Crippen MR) is 91.3 cm³/mol. The Morgan fingerprint density at radius 3 is 2.57 bits per heavy atom. The second-order valence-electron chi connectivity index (χ2n) is 5.42. The van der Waals surface area contributed by atoms with E-state index >= 15 is 0 Å².